The minimum Gasteiger partial charge on any atom is -0.492 e. The van der Waals surface area contributed by atoms with Crippen LogP contribution in [-0.2, 0) is 10.0 Å². The van der Waals surface area contributed by atoms with Crippen molar-refractivity contribution in [1.82, 2.24) is 19.9 Å². The molecule has 2 heterocycles. The largest absolute Gasteiger partial charge is 0.492 e. The zero-order valence-corrected chi connectivity index (χ0v) is 13.8. The van der Waals surface area contributed by atoms with Gasteiger partial charge in [-0.3, -0.25) is 4.72 Å². The smallest absolute Gasteiger partial charge is 0.281 e. The maximum absolute atomic E-state index is 12.6. The zero-order chi connectivity index (χ0) is 17.0. The van der Waals surface area contributed by atoms with Gasteiger partial charge in [-0.25, -0.2) is 9.50 Å². The average Bonchev–Trinajstić information content (AvgIpc) is 3.00. The summed E-state index contributed by atoms with van der Waals surface area (Å²) in [6.07, 6.45) is 2.78. The van der Waals surface area contributed by atoms with Gasteiger partial charge in [-0.1, -0.05) is 6.07 Å². The molecule has 0 radical (unpaired) electrons. The van der Waals surface area contributed by atoms with Crippen molar-refractivity contribution in [2.45, 2.75) is 5.03 Å². The van der Waals surface area contributed by atoms with Crippen LogP contribution in [0.4, 0.5) is 5.69 Å². The predicted molar refractivity (Wildman–Crippen MR) is 89.7 cm³/mol. The Morgan fingerprint density at radius 3 is 2.96 bits per heavy atom. The third-order valence-corrected chi connectivity index (χ3v) is 4.56. The molecular weight excluding hydrogens is 330 g/mol. The molecule has 0 saturated carbocycles. The van der Waals surface area contributed by atoms with E-state index in [9.17, 15) is 8.42 Å². The van der Waals surface area contributed by atoms with Crippen molar-refractivity contribution < 1.29 is 13.2 Å². The first-order valence-corrected chi connectivity index (χ1v) is 8.77. The highest BCUT2D eigenvalue weighted by atomic mass is 32.2. The Kier molecular flexibility index (Phi) is 4.63. The van der Waals surface area contributed by atoms with E-state index >= 15 is 0 Å². The van der Waals surface area contributed by atoms with Crippen molar-refractivity contribution in [3.05, 3.63) is 48.8 Å². The lowest BCUT2D eigenvalue weighted by molar-refractivity contribution is 0.318. The normalized spacial score (nSPS) is 11.5. The molecule has 2 N–H and O–H groups in total. The monoisotopic (exact) mass is 347 g/mol. The van der Waals surface area contributed by atoms with E-state index in [0.717, 1.165) is 0 Å². The number of hydrogen-bond donors (Lipinski definition) is 2. The second kappa shape index (κ2) is 6.85. The summed E-state index contributed by atoms with van der Waals surface area (Å²) in [5.74, 6) is 0.585. The maximum atomic E-state index is 12.6. The van der Waals surface area contributed by atoms with Gasteiger partial charge in [0, 0.05) is 18.8 Å². The molecule has 0 fully saturated rings. The number of nitrogens with one attached hydrogen (secondary N) is 2. The number of nitrogens with zero attached hydrogens (tertiary/aromatic N) is 3. The molecule has 9 heteroatoms. The van der Waals surface area contributed by atoms with E-state index < -0.39 is 10.0 Å². The molecule has 126 valence electrons. The van der Waals surface area contributed by atoms with Gasteiger partial charge >= 0.3 is 0 Å². The van der Waals surface area contributed by atoms with Gasteiger partial charge in [0.2, 0.25) is 0 Å². The molecule has 0 saturated heterocycles. The number of fused-ring (bicyclic) bond motifs is 1. The van der Waals surface area contributed by atoms with Crippen LogP contribution in [0.3, 0.4) is 0 Å². The third-order valence-electron chi connectivity index (χ3n) is 3.23. The topological polar surface area (TPSA) is 97.6 Å². The summed E-state index contributed by atoms with van der Waals surface area (Å²) in [5, 5.41) is 6.96. The van der Waals surface area contributed by atoms with Gasteiger partial charge in [0.25, 0.3) is 10.0 Å². The summed E-state index contributed by atoms with van der Waals surface area (Å²) in [7, 11) is -1.99. The Labute approximate surface area is 139 Å². The molecular formula is C15H17N5O3S. The summed E-state index contributed by atoms with van der Waals surface area (Å²) in [6.45, 7) is 1.19. The van der Waals surface area contributed by atoms with Crippen molar-refractivity contribution in [2.75, 3.05) is 24.9 Å². The first kappa shape index (κ1) is 16.2. The number of likely N-dealkylation sites (N-methyl/N-ethyl adjacent to an activating group) is 1. The summed E-state index contributed by atoms with van der Waals surface area (Å²) in [6, 6.07) is 10.1. The van der Waals surface area contributed by atoms with E-state index in [1.165, 1.54) is 16.9 Å². The maximum Gasteiger partial charge on any atom is 0.281 e. The number of imidazole rings is 1. The van der Waals surface area contributed by atoms with Crippen LogP contribution in [0.1, 0.15) is 0 Å². The first-order valence-electron chi connectivity index (χ1n) is 7.29. The molecule has 0 aliphatic carbocycles. The highest BCUT2D eigenvalue weighted by molar-refractivity contribution is 7.92. The first-order chi connectivity index (χ1) is 11.6. The van der Waals surface area contributed by atoms with Crippen LogP contribution in [0.25, 0.3) is 5.65 Å². The van der Waals surface area contributed by atoms with Crippen LogP contribution in [0, 0.1) is 0 Å². The second-order valence-corrected chi connectivity index (χ2v) is 6.60. The van der Waals surface area contributed by atoms with E-state index in [0.29, 0.717) is 30.2 Å². The number of aromatic nitrogens is 3. The van der Waals surface area contributed by atoms with E-state index in [1.807, 2.05) is 7.05 Å². The second-order valence-electron chi connectivity index (χ2n) is 4.98. The molecule has 3 rings (SSSR count). The highest BCUT2D eigenvalue weighted by Gasteiger charge is 2.20. The number of sulfonamides is 1. The van der Waals surface area contributed by atoms with Crippen molar-refractivity contribution in [3.8, 4) is 5.75 Å². The minimum absolute atomic E-state index is 0.0281. The molecule has 3 aromatic rings. The van der Waals surface area contributed by atoms with E-state index in [4.69, 9.17) is 4.74 Å². The Morgan fingerprint density at radius 1 is 1.25 bits per heavy atom. The van der Waals surface area contributed by atoms with Crippen LogP contribution in [0.5, 0.6) is 5.75 Å². The molecule has 2 aromatic heterocycles. The minimum atomic E-state index is -3.82. The van der Waals surface area contributed by atoms with E-state index in [-0.39, 0.29) is 5.03 Å². The standard InChI is InChI=1S/C15H17N5O3S/c1-16-8-9-23-13-5-2-4-12(10-13)19-24(21,22)15-11-17-14-6-3-7-18-20(14)15/h2-7,10-11,16,19H,8-9H2,1H3. The number of hydrogen-bond acceptors (Lipinski definition) is 6. The third kappa shape index (κ3) is 3.47. The summed E-state index contributed by atoms with van der Waals surface area (Å²) < 4.78 is 34.5. The quantitative estimate of drug-likeness (QED) is 0.622. The predicted octanol–water partition coefficient (Wildman–Crippen LogP) is 1.13. The molecule has 24 heavy (non-hydrogen) atoms. The molecule has 0 amide bonds. The molecule has 0 spiro atoms. The van der Waals surface area contributed by atoms with Crippen LogP contribution in [-0.4, -0.2) is 43.2 Å². The molecule has 0 aliphatic rings. The summed E-state index contributed by atoms with van der Waals surface area (Å²) >= 11 is 0. The van der Waals surface area contributed by atoms with E-state index in [2.05, 4.69) is 20.1 Å². The SMILES string of the molecule is CNCCOc1cccc(NS(=O)(=O)c2cnc3cccnn23)c1. The molecule has 0 aliphatic heterocycles. The van der Waals surface area contributed by atoms with Gasteiger partial charge in [-0.05, 0) is 31.3 Å². The van der Waals surface area contributed by atoms with Crippen LogP contribution < -0.4 is 14.8 Å². The Morgan fingerprint density at radius 2 is 2.12 bits per heavy atom. The Bertz CT molecular complexity index is 939. The molecule has 0 unspecified atom stereocenters. The number of rotatable bonds is 7. The van der Waals surface area contributed by atoms with Crippen LogP contribution in [0.2, 0.25) is 0 Å². The van der Waals surface area contributed by atoms with Gasteiger partial charge in [-0.2, -0.15) is 13.5 Å². The Hall–Kier alpha value is -2.65. The molecule has 0 bridgehead atoms. The van der Waals surface area contributed by atoms with Gasteiger partial charge in [-0.15, -0.1) is 0 Å². The molecule has 0 atom stereocenters. The van der Waals surface area contributed by atoms with Crippen molar-refractivity contribution >= 4 is 21.4 Å². The van der Waals surface area contributed by atoms with Gasteiger partial charge in [0.15, 0.2) is 10.7 Å². The fourth-order valence-corrected chi connectivity index (χ4v) is 3.22. The van der Waals surface area contributed by atoms with Crippen LogP contribution in [0.15, 0.2) is 53.8 Å². The fourth-order valence-electron chi connectivity index (χ4n) is 2.12. The van der Waals surface area contributed by atoms with Gasteiger partial charge in [0.1, 0.15) is 12.4 Å². The van der Waals surface area contributed by atoms with E-state index in [1.54, 1.807) is 36.4 Å². The fraction of sp³-hybridized carbons (Fsp3) is 0.200. The summed E-state index contributed by atoms with van der Waals surface area (Å²) in [5.41, 5.74) is 0.866. The lowest BCUT2D eigenvalue weighted by Gasteiger charge is -2.10. The summed E-state index contributed by atoms with van der Waals surface area (Å²) in [4.78, 5) is 4.04. The lowest BCUT2D eigenvalue weighted by atomic mass is 10.3. The molecule has 1 aromatic carbocycles. The van der Waals surface area contributed by atoms with Crippen molar-refractivity contribution in [1.29, 1.82) is 0 Å². The van der Waals surface area contributed by atoms with Crippen molar-refractivity contribution in [3.63, 3.8) is 0 Å². The highest BCUT2D eigenvalue weighted by Crippen LogP contribution is 2.21. The Balaban J connectivity index is 1.83. The average molecular weight is 347 g/mol. The van der Waals surface area contributed by atoms with Gasteiger partial charge in [0.05, 0.1) is 11.9 Å². The zero-order valence-electron chi connectivity index (χ0n) is 13.0. The number of ether oxygens (including phenoxy) is 1. The van der Waals surface area contributed by atoms with Crippen LogP contribution >= 0.6 is 0 Å². The van der Waals surface area contributed by atoms with Crippen molar-refractivity contribution in [2.24, 2.45) is 0 Å². The molecule has 8 nitrogen and oxygen atoms in total. The number of benzene rings is 1. The lowest BCUT2D eigenvalue weighted by Crippen LogP contribution is -2.17. The number of anilines is 1. The van der Waals surface area contributed by atoms with Gasteiger partial charge < -0.3 is 10.1 Å².